The SMILES string of the molecule is CC=CCOc1ncc(Cl)cc1F. The van der Waals surface area contributed by atoms with Crippen molar-refractivity contribution in [1.82, 2.24) is 4.98 Å². The molecular formula is C9H9ClFNO. The molecule has 2 nitrogen and oxygen atoms in total. The smallest absolute Gasteiger partial charge is 0.250 e. The van der Waals surface area contributed by atoms with Crippen molar-refractivity contribution in [3.8, 4) is 5.88 Å². The quantitative estimate of drug-likeness (QED) is 0.702. The lowest BCUT2D eigenvalue weighted by Gasteiger charge is -2.02. The third-order valence-corrected chi connectivity index (χ3v) is 1.53. The van der Waals surface area contributed by atoms with Crippen molar-refractivity contribution >= 4 is 11.6 Å². The monoisotopic (exact) mass is 201 g/mol. The zero-order valence-electron chi connectivity index (χ0n) is 7.13. The van der Waals surface area contributed by atoms with Crippen LogP contribution in [0.25, 0.3) is 0 Å². The second-order valence-corrected chi connectivity index (χ2v) is 2.76. The highest BCUT2D eigenvalue weighted by atomic mass is 35.5. The average Bonchev–Trinajstić information content (AvgIpc) is 2.09. The lowest BCUT2D eigenvalue weighted by Crippen LogP contribution is -1.98. The highest BCUT2D eigenvalue weighted by molar-refractivity contribution is 6.30. The number of allylic oxidation sites excluding steroid dienone is 1. The standard InChI is InChI=1S/C9H9ClFNO/c1-2-3-4-13-9-8(11)5-7(10)6-12-9/h2-3,5-6H,4H2,1H3. The Kier molecular flexibility index (Phi) is 3.71. The Morgan fingerprint density at radius 2 is 2.46 bits per heavy atom. The molecule has 0 radical (unpaired) electrons. The van der Waals surface area contributed by atoms with Crippen LogP contribution in [0.4, 0.5) is 4.39 Å². The van der Waals surface area contributed by atoms with E-state index in [0.29, 0.717) is 6.61 Å². The third-order valence-electron chi connectivity index (χ3n) is 1.33. The van der Waals surface area contributed by atoms with Gasteiger partial charge < -0.3 is 4.74 Å². The molecule has 0 atom stereocenters. The molecule has 0 bridgehead atoms. The van der Waals surface area contributed by atoms with E-state index >= 15 is 0 Å². The van der Waals surface area contributed by atoms with E-state index in [2.05, 4.69) is 4.98 Å². The largest absolute Gasteiger partial charge is 0.471 e. The highest BCUT2D eigenvalue weighted by Crippen LogP contribution is 2.17. The first-order valence-electron chi connectivity index (χ1n) is 3.79. The van der Waals surface area contributed by atoms with E-state index in [1.807, 2.05) is 13.0 Å². The lowest BCUT2D eigenvalue weighted by atomic mass is 10.4. The van der Waals surface area contributed by atoms with Crippen LogP contribution in [0.5, 0.6) is 5.88 Å². The maximum Gasteiger partial charge on any atom is 0.250 e. The number of pyridine rings is 1. The minimum atomic E-state index is -0.544. The predicted molar refractivity (Wildman–Crippen MR) is 49.5 cm³/mol. The molecule has 0 aromatic carbocycles. The van der Waals surface area contributed by atoms with Gasteiger partial charge in [-0.05, 0) is 13.0 Å². The fourth-order valence-electron chi connectivity index (χ4n) is 0.732. The zero-order valence-corrected chi connectivity index (χ0v) is 7.88. The Hall–Kier alpha value is -1.09. The minimum Gasteiger partial charge on any atom is -0.471 e. The van der Waals surface area contributed by atoms with Crippen LogP contribution in [0.1, 0.15) is 6.92 Å². The van der Waals surface area contributed by atoms with Crippen LogP contribution in [0.15, 0.2) is 24.4 Å². The molecule has 0 spiro atoms. The maximum atomic E-state index is 13.0. The molecule has 0 aliphatic heterocycles. The van der Waals surface area contributed by atoms with Gasteiger partial charge in [-0.3, -0.25) is 0 Å². The Morgan fingerprint density at radius 3 is 3.08 bits per heavy atom. The molecule has 0 unspecified atom stereocenters. The molecule has 0 saturated carbocycles. The first-order valence-corrected chi connectivity index (χ1v) is 4.17. The van der Waals surface area contributed by atoms with Crippen LogP contribution < -0.4 is 4.74 Å². The van der Waals surface area contributed by atoms with Gasteiger partial charge in [0, 0.05) is 6.20 Å². The summed E-state index contributed by atoms with van der Waals surface area (Å²) < 4.78 is 18.0. The van der Waals surface area contributed by atoms with Crippen molar-refractivity contribution < 1.29 is 9.13 Å². The van der Waals surface area contributed by atoms with Crippen molar-refractivity contribution in [3.63, 3.8) is 0 Å². The highest BCUT2D eigenvalue weighted by Gasteiger charge is 2.03. The van der Waals surface area contributed by atoms with E-state index in [4.69, 9.17) is 16.3 Å². The zero-order chi connectivity index (χ0) is 9.68. The van der Waals surface area contributed by atoms with Gasteiger partial charge in [0.1, 0.15) is 6.61 Å². The van der Waals surface area contributed by atoms with Gasteiger partial charge in [0.2, 0.25) is 0 Å². The summed E-state index contributed by atoms with van der Waals surface area (Å²) in [5.74, 6) is -0.570. The number of halogens is 2. The van der Waals surface area contributed by atoms with Crippen molar-refractivity contribution in [3.05, 3.63) is 35.3 Å². The first-order chi connectivity index (χ1) is 6.24. The summed E-state index contributed by atoms with van der Waals surface area (Å²) in [7, 11) is 0. The molecule has 0 N–H and O–H groups in total. The maximum absolute atomic E-state index is 13.0. The van der Waals surface area contributed by atoms with Crippen LogP contribution in [0.2, 0.25) is 5.02 Å². The summed E-state index contributed by atoms with van der Waals surface area (Å²) in [6.45, 7) is 2.16. The number of aromatic nitrogens is 1. The van der Waals surface area contributed by atoms with Crippen LogP contribution in [0, 0.1) is 5.82 Å². The number of ether oxygens (including phenoxy) is 1. The second kappa shape index (κ2) is 4.82. The van der Waals surface area contributed by atoms with E-state index in [1.54, 1.807) is 6.08 Å². The van der Waals surface area contributed by atoms with Gasteiger partial charge in [-0.1, -0.05) is 23.8 Å². The van der Waals surface area contributed by atoms with Crippen molar-refractivity contribution in [1.29, 1.82) is 0 Å². The van der Waals surface area contributed by atoms with E-state index in [-0.39, 0.29) is 10.9 Å². The molecule has 1 heterocycles. The van der Waals surface area contributed by atoms with E-state index in [0.717, 1.165) is 0 Å². The normalized spacial score (nSPS) is 10.7. The van der Waals surface area contributed by atoms with Gasteiger partial charge in [0.05, 0.1) is 5.02 Å². The van der Waals surface area contributed by atoms with E-state index in [1.165, 1.54) is 12.3 Å². The van der Waals surface area contributed by atoms with Gasteiger partial charge in [0.15, 0.2) is 5.82 Å². The molecule has 0 saturated heterocycles. The van der Waals surface area contributed by atoms with Gasteiger partial charge in [-0.15, -0.1) is 0 Å². The molecule has 13 heavy (non-hydrogen) atoms. The number of nitrogens with zero attached hydrogens (tertiary/aromatic N) is 1. The van der Waals surface area contributed by atoms with Crippen molar-refractivity contribution in [2.45, 2.75) is 6.92 Å². The molecule has 0 aliphatic carbocycles. The van der Waals surface area contributed by atoms with Gasteiger partial charge in [-0.2, -0.15) is 0 Å². The topological polar surface area (TPSA) is 22.1 Å². The molecule has 1 rings (SSSR count). The summed E-state index contributed by atoms with van der Waals surface area (Å²) in [6.07, 6.45) is 4.92. The van der Waals surface area contributed by atoms with Crippen molar-refractivity contribution in [2.24, 2.45) is 0 Å². The molecule has 0 amide bonds. The summed E-state index contributed by atoms with van der Waals surface area (Å²) in [4.78, 5) is 3.69. The third kappa shape index (κ3) is 3.03. The van der Waals surface area contributed by atoms with Crippen molar-refractivity contribution in [2.75, 3.05) is 6.61 Å². The van der Waals surface area contributed by atoms with Crippen LogP contribution in [-0.2, 0) is 0 Å². The summed E-state index contributed by atoms with van der Waals surface area (Å²) in [6, 6.07) is 1.17. The fraction of sp³-hybridized carbons (Fsp3) is 0.222. The molecule has 70 valence electrons. The molecule has 1 aromatic heterocycles. The van der Waals surface area contributed by atoms with Gasteiger partial charge in [-0.25, -0.2) is 9.37 Å². The average molecular weight is 202 g/mol. The number of hydrogen-bond acceptors (Lipinski definition) is 2. The van der Waals surface area contributed by atoms with Crippen LogP contribution >= 0.6 is 11.6 Å². The molecule has 1 aromatic rings. The fourth-order valence-corrected chi connectivity index (χ4v) is 0.876. The van der Waals surface area contributed by atoms with E-state index < -0.39 is 5.82 Å². The molecule has 4 heteroatoms. The summed E-state index contributed by atoms with van der Waals surface area (Å²) in [5, 5.41) is 0.260. The lowest BCUT2D eigenvalue weighted by molar-refractivity contribution is 0.326. The Labute approximate surface area is 81.0 Å². The second-order valence-electron chi connectivity index (χ2n) is 2.32. The summed E-state index contributed by atoms with van der Waals surface area (Å²) >= 11 is 5.51. The van der Waals surface area contributed by atoms with Gasteiger partial charge >= 0.3 is 0 Å². The first kappa shape index (κ1) is 9.99. The van der Waals surface area contributed by atoms with Gasteiger partial charge in [0.25, 0.3) is 5.88 Å². The molecule has 0 aliphatic rings. The number of rotatable bonds is 3. The van der Waals surface area contributed by atoms with E-state index in [9.17, 15) is 4.39 Å². The Balaban J connectivity index is 2.66. The number of hydrogen-bond donors (Lipinski definition) is 0. The Morgan fingerprint density at radius 1 is 1.69 bits per heavy atom. The summed E-state index contributed by atoms with van der Waals surface area (Å²) in [5.41, 5.74) is 0. The predicted octanol–water partition coefficient (Wildman–Crippen LogP) is 2.83. The molecule has 0 fully saturated rings. The minimum absolute atomic E-state index is 0.0255. The molecular weight excluding hydrogens is 193 g/mol. The van der Waals surface area contributed by atoms with Crippen LogP contribution in [-0.4, -0.2) is 11.6 Å². The Bertz CT molecular complexity index is 314. The van der Waals surface area contributed by atoms with Crippen LogP contribution in [0.3, 0.4) is 0 Å².